The number of ketones is 1. The molecule has 6 nitrogen and oxygen atoms in total. The van der Waals surface area contributed by atoms with Crippen LogP contribution in [0.25, 0.3) is 0 Å². The first kappa shape index (κ1) is 39.1. The van der Waals surface area contributed by atoms with Crippen molar-refractivity contribution in [2.24, 2.45) is 4.99 Å². The Morgan fingerprint density at radius 3 is 1.59 bits per heavy atom. The molecular weight excluding hydrogens is 428 g/mol. The van der Waals surface area contributed by atoms with Gasteiger partial charge in [-0.1, -0.05) is 64.7 Å². The average molecular weight is 464 g/mol. The summed E-state index contributed by atoms with van der Waals surface area (Å²) in [6, 6.07) is 0. The van der Waals surface area contributed by atoms with E-state index < -0.39 is 11.9 Å². The van der Waals surface area contributed by atoms with Gasteiger partial charge >= 0.3 is 46.3 Å². The van der Waals surface area contributed by atoms with Crippen molar-refractivity contribution in [1.82, 2.24) is 0 Å². The van der Waals surface area contributed by atoms with Crippen LogP contribution in [0.1, 0.15) is 85.0 Å². The molecule has 0 bridgehead atoms. The molecule has 0 aromatic carbocycles. The smallest absolute Gasteiger partial charge is 0.550 e. The second-order valence-electron chi connectivity index (χ2n) is 5.98. The Hall–Kier alpha value is -0.474. The molecule has 0 aromatic heterocycles. The predicted octanol–water partition coefficient (Wildman–Crippen LogP) is -0.549. The van der Waals surface area contributed by atoms with Crippen LogP contribution in [0.4, 0.5) is 0 Å². The normalized spacial score (nSPS) is 10.4. The van der Waals surface area contributed by atoms with Crippen molar-refractivity contribution in [1.29, 1.82) is 0 Å². The van der Waals surface area contributed by atoms with Crippen molar-refractivity contribution in [2.75, 3.05) is 6.54 Å². The maximum absolute atomic E-state index is 10.3. The minimum atomic E-state index is -1.08. The average Bonchev–Trinajstić information content (AvgIpc) is 2.58. The van der Waals surface area contributed by atoms with E-state index in [1.165, 1.54) is 63.9 Å². The van der Waals surface area contributed by atoms with E-state index in [9.17, 15) is 4.79 Å². The molecule has 0 saturated carbocycles. The maximum Gasteiger partial charge on any atom is 2.00 e. The molecule has 0 aromatic rings. The first-order chi connectivity index (χ1) is 12.8. The molecule has 0 amide bonds. The molecular formula is C21H36CoNNaO5. The number of rotatable bonds is 9. The van der Waals surface area contributed by atoms with Crippen LogP contribution in [0.5, 0.6) is 0 Å². The number of carboxylic acid groups (broad SMARTS) is 2. The summed E-state index contributed by atoms with van der Waals surface area (Å²) in [4.78, 5) is 31.7. The monoisotopic (exact) mass is 464 g/mol. The number of aliphatic carboxylic acids is 2. The summed E-state index contributed by atoms with van der Waals surface area (Å²) in [5, 5.41) is 17.8. The number of unbranched alkanes of at least 4 members (excludes halogenated alkanes) is 9. The molecule has 0 N–H and O–H groups in total. The van der Waals surface area contributed by atoms with E-state index in [0.29, 0.717) is 6.54 Å². The third-order valence-electron chi connectivity index (χ3n) is 3.07. The van der Waals surface area contributed by atoms with Crippen LogP contribution in [0.15, 0.2) is 17.1 Å². The van der Waals surface area contributed by atoms with Crippen LogP contribution in [0.3, 0.4) is 0 Å². The number of hydrogen-bond acceptors (Lipinski definition) is 6. The Morgan fingerprint density at radius 1 is 0.966 bits per heavy atom. The van der Waals surface area contributed by atoms with Crippen molar-refractivity contribution < 1.29 is 70.9 Å². The molecule has 0 saturated heterocycles. The van der Waals surface area contributed by atoms with Gasteiger partial charge in [0.1, 0.15) is 6.54 Å². The summed E-state index contributed by atoms with van der Waals surface area (Å²) >= 11 is 0. The third kappa shape index (κ3) is 65.7. The summed E-state index contributed by atoms with van der Waals surface area (Å²) < 4.78 is 0. The quantitative estimate of drug-likeness (QED) is 0.258. The van der Waals surface area contributed by atoms with Gasteiger partial charge in [-0.15, -0.1) is 0 Å². The van der Waals surface area contributed by atoms with Gasteiger partial charge in [0.2, 0.25) is 0 Å². The van der Waals surface area contributed by atoms with Gasteiger partial charge in [0.15, 0.2) is 5.78 Å². The molecule has 1 rings (SSSR count). The summed E-state index contributed by atoms with van der Waals surface area (Å²) in [5.74, 6) is -2.08. The fourth-order valence-corrected chi connectivity index (χ4v) is 1.89. The fraction of sp³-hybridized carbons (Fsp3) is 0.667. The fourth-order valence-electron chi connectivity index (χ4n) is 1.89. The van der Waals surface area contributed by atoms with Crippen LogP contribution >= 0.6 is 0 Å². The molecule has 1 heterocycles. The van der Waals surface area contributed by atoms with E-state index in [-0.39, 0.29) is 52.1 Å². The number of carbonyl (C=O) groups excluding carboxylic acids is 3. The molecule has 0 atom stereocenters. The van der Waals surface area contributed by atoms with E-state index in [0.717, 1.165) is 20.3 Å². The number of hydrogen-bond donors (Lipinski definition) is 0. The van der Waals surface area contributed by atoms with Gasteiger partial charge in [-0.05, 0) is 26.0 Å². The molecule has 1 radical (unpaired) electrons. The van der Waals surface area contributed by atoms with Crippen LogP contribution in [0.2, 0.25) is 0 Å². The Kier molecular flexibility index (Phi) is 47.1. The van der Waals surface area contributed by atoms with Crippen molar-refractivity contribution in [3.63, 3.8) is 0 Å². The van der Waals surface area contributed by atoms with Gasteiger partial charge in [-0.2, -0.15) is 6.42 Å². The summed E-state index contributed by atoms with van der Waals surface area (Å²) in [6.45, 7) is 8.39. The number of nitrogens with zero attached hydrogens (tertiary/aromatic N) is 1. The number of carbonyl (C=O) groups is 3. The zero-order valence-corrected chi connectivity index (χ0v) is 21.6. The van der Waals surface area contributed by atoms with E-state index in [1.54, 1.807) is 12.3 Å². The standard InChI is InChI=1S/C12H25.C5H5NO.2C2H4O2.Co.Na/c1-3-5-7-9-11-12-10-8-6-4-2;7-5-2-1-3-6-4-5;2*1-2(3)4;;/h1,3-12H2,2H3;1-3H,4H2;2*1H3,(H,3,4);;/q-1;;;;+2;+1/p-2. The van der Waals surface area contributed by atoms with Crippen molar-refractivity contribution >= 4 is 23.9 Å². The van der Waals surface area contributed by atoms with Gasteiger partial charge in [-0.25, -0.2) is 0 Å². The second kappa shape index (κ2) is 35.0. The predicted molar refractivity (Wildman–Crippen MR) is 106 cm³/mol. The maximum atomic E-state index is 10.3. The first-order valence-electron chi connectivity index (χ1n) is 9.61. The number of dihydropyridines is 1. The second-order valence-corrected chi connectivity index (χ2v) is 5.98. The molecule has 1 aliphatic heterocycles. The van der Waals surface area contributed by atoms with E-state index >= 15 is 0 Å². The molecule has 1 aliphatic rings. The minimum Gasteiger partial charge on any atom is -0.550 e. The van der Waals surface area contributed by atoms with Crippen LogP contribution in [-0.2, 0) is 31.2 Å². The summed E-state index contributed by atoms with van der Waals surface area (Å²) in [6.07, 6.45) is 18.7. The first-order valence-corrected chi connectivity index (χ1v) is 9.61. The van der Waals surface area contributed by atoms with Crippen molar-refractivity contribution in [3.8, 4) is 0 Å². The summed E-state index contributed by atoms with van der Waals surface area (Å²) in [7, 11) is 0. The van der Waals surface area contributed by atoms with Gasteiger partial charge in [0.25, 0.3) is 0 Å². The van der Waals surface area contributed by atoms with E-state index in [4.69, 9.17) is 19.8 Å². The Bertz CT molecular complexity index is 399. The Morgan fingerprint density at radius 2 is 1.34 bits per heavy atom. The molecule has 0 spiro atoms. The van der Waals surface area contributed by atoms with Gasteiger partial charge < -0.3 is 26.7 Å². The molecule has 8 heteroatoms. The van der Waals surface area contributed by atoms with Gasteiger partial charge in [0.05, 0.1) is 0 Å². The van der Waals surface area contributed by atoms with Crippen molar-refractivity contribution in [3.05, 3.63) is 19.1 Å². The minimum absolute atomic E-state index is 0. The van der Waals surface area contributed by atoms with Gasteiger partial charge in [-0.3, -0.25) is 9.79 Å². The molecule has 0 aliphatic carbocycles. The molecule has 0 fully saturated rings. The Balaban J connectivity index is -0.0000000964. The molecule has 29 heavy (non-hydrogen) atoms. The van der Waals surface area contributed by atoms with Crippen LogP contribution in [0, 0.1) is 6.92 Å². The van der Waals surface area contributed by atoms with E-state index in [2.05, 4.69) is 18.8 Å². The molecule has 165 valence electrons. The number of carboxylic acids is 2. The third-order valence-corrected chi connectivity index (χ3v) is 3.07. The number of allylic oxidation sites excluding steroid dienone is 1. The van der Waals surface area contributed by atoms with Crippen LogP contribution < -0.4 is 39.8 Å². The van der Waals surface area contributed by atoms with Crippen molar-refractivity contribution in [2.45, 2.75) is 85.0 Å². The van der Waals surface area contributed by atoms with Gasteiger partial charge in [0, 0.05) is 18.2 Å². The zero-order chi connectivity index (χ0) is 21.3. The Labute approximate surface area is 209 Å². The SMILES string of the molecule is CC(=O)[O-].CC(=O)[O-].O=C1C=CC=NC1.[CH2-]CCCCCCCCCCC.[Co+2].[Na+]. The summed E-state index contributed by atoms with van der Waals surface area (Å²) in [5.41, 5.74) is 0. The number of aliphatic imine (C=N–C) groups is 1. The zero-order valence-electron chi connectivity index (χ0n) is 18.5. The molecule has 0 unspecified atom stereocenters. The largest absolute Gasteiger partial charge is 2.00 e. The van der Waals surface area contributed by atoms with Crippen LogP contribution in [-0.4, -0.2) is 30.5 Å². The topological polar surface area (TPSA) is 110 Å². The van der Waals surface area contributed by atoms with E-state index in [1.807, 2.05) is 0 Å².